The average molecular weight is 206 g/mol. The number of rotatable bonds is 5. The van der Waals surface area contributed by atoms with Crippen LogP contribution in [0.5, 0.6) is 0 Å². The Bertz CT molecular complexity index is 326. The molecular weight excluding hydrogens is 188 g/mol. The number of nitrogens with zero attached hydrogens (tertiary/aromatic N) is 2. The van der Waals surface area contributed by atoms with E-state index in [4.69, 9.17) is 0 Å². The van der Waals surface area contributed by atoms with Gasteiger partial charge >= 0.3 is 0 Å². The lowest BCUT2D eigenvalue weighted by Gasteiger charge is -2.06. The predicted octanol–water partition coefficient (Wildman–Crippen LogP) is 2.12. The standard InChI is InChI=1S/C11H18N4/c1-3-5-12-11-13-6-4-10(15-11)14-9-7-8(9)2/h4,6,8-9H,3,5,7H2,1-2H3,(H2,12,13,14,15). The highest BCUT2D eigenvalue weighted by Gasteiger charge is 2.32. The zero-order chi connectivity index (χ0) is 10.7. The second kappa shape index (κ2) is 4.47. The molecule has 0 amide bonds. The molecule has 2 unspecified atom stereocenters. The summed E-state index contributed by atoms with van der Waals surface area (Å²) in [4.78, 5) is 8.55. The van der Waals surface area contributed by atoms with E-state index in [9.17, 15) is 0 Å². The van der Waals surface area contributed by atoms with Crippen LogP contribution in [-0.4, -0.2) is 22.6 Å². The summed E-state index contributed by atoms with van der Waals surface area (Å²) in [6, 6.07) is 2.53. The topological polar surface area (TPSA) is 49.8 Å². The molecule has 2 N–H and O–H groups in total. The molecule has 0 aliphatic heterocycles. The number of nitrogens with one attached hydrogen (secondary N) is 2. The molecule has 0 bridgehead atoms. The molecule has 0 aromatic carbocycles. The van der Waals surface area contributed by atoms with Crippen LogP contribution >= 0.6 is 0 Å². The molecule has 1 aliphatic rings. The van der Waals surface area contributed by atoms with Crippen LogP contribution in [0.15, 0.2) is 12.3 Å². The summed E-state index contributed by atoms with van der Waals surface area (Å²) in [7, 11) is 0. The smallest absolute Gasteiger partial charge is 0.224 e. The lowest BCUT2D eigenvalue weighted by molar-refractivity contribution is 0.917. The third-order valence-electron chi connectivity index (χ3n) is 2.63. The van der Waals surface area contributed by atoms with Crippen molar-refractivity contribution < 1.29 is 0 Å². The second-order valence-electron chi connectivity index (χ2n) is 4.16. The van der Waals surface area contributed by atoms with Gasteiger partial charge < -0.3 is 10.6 Å². The monoisotopic (exact) mass is 206 g/mol. The Labute approximate surface area is 90.5 Å². The molecule has 0 radical (unpaired) electrons. The molecular formula is C11H18N4. The third kappa shape index (κ3) is 2.81. The summed E-state index contributed by atoms with van der Waals surface area (Å²) in [5, 5.41) is 6.57. The molecule has 15 heavy (non-hydrogen) atoms. The van der Waals surface area contributed by atoms with Gasteiger partial charge in [-0.2, -0.15) is 4.98 Å². The molecule has 4 heteroatoms. The Morgan fingerprint density at radius 3 is 3.00 bits per heavy atom. The Balaban J connectivity index is 1.93. The van der Waals surface area contributed by atoms with Gasteiger partial charge in [-0.25, -0.2) is 4.98 Å². The highest BCUT2D eigenvalue weighted by Crippen LogP contribution is 2.32. The molecule has 1 saturated carbocycles. The Hall–Kier alpha value is -1.32. The van der Waals surface area contributed by atoms with Crippen molar-refractivity contribution in [3.8, 4) is 0 Å². The summed E-state index contributed by atoms with van der Waals surface area (Å²) in [6.45, 7) is 5.29. The van der Waals surface area contributed by atoms with Gasteiger partial charge in [0.05, 0.1) is 0 Å². The molecule has 0 spiro atoms. The lowest BCUT2D eigenvalue weighted by atomic mass is 10.4. The van der Waals surface area contributed by atoms with Crippen molar-refractivity contribution in [3.63, 3.8) is 0 Å². The van der Waals surface area contributed by atoms with Crippen LogP contribution in [0.3, 0.4) is 0 Å². The van der Waals surface area contributed by atoms with E-state index in [1.54, 1.807) is 6.20 Å². The SMILES string of the molecule is CCCNc1nccc(NC2CC2C)n1. The molecule has 4 nitrogen and oxygen atoms in total. The van der Waals surface area contributed by atoms with Crippen LogP contribution in [0.4, 0.5) is 11.8 Å². The molecule has 1 aromatic rings. The summed E-state index contributed by atoms with van der Waals surface area (Å²) in [6.07, 6.45) is 4.13. The van der Waals surface area contributed by atoms with Crippen molar-refractivity contribution in [1.29, 1.82) is 0 Å². The zero-order valence-corrected chi connectivity index (χ0v) is 9.33. The molecule has 1 aliphatic carbocycles. The van der Waals surface area contributed by atoms with Gasteiger partial charge in [0, 0.05) is 18.8 Å². The number of aromatic nitrogens is 2. The van der Waals surface area contributed by atoms with Gasteiger partial charge in [-0.15, -0.1) is 0 Å². The van der Waals surface area contributed by atoms with E-state index in [0.717, 1.165) is 30.6 Å². The number of hydrogen-bond donors (Lipinski definition) is 2. The second-order valence-corrected chi connectivity index (χ2v) is 4.16. The first kappa shape index (κ1) is 10.2. The van der Waals surface area contributed by atoms with Crippen LogP contribution in [-0.2, 0) is 0 Å². The zero-order valence-electron chi connectivity index (χ0n) is 9.33. The first-order valence-electron chi connectivity index (χ1n) is 5.63. The van der Waals surface area contributed by atoms with Crippen molar-refractivity contribution in [2.75, 3.05) is 17.2 Å². The fourth-order valence-electron chi connectivity index (χ4n) is 1.47. The van der Waals surface area contributed by atoms with Gasteiger partial charge in [0.25, 0.3) is 0 Å². The summed E-state index contributed by atoms with van der Waals surface area (Å²) in [5.41, 5.74) is 0. The third-order valence-corrected chi connectivity index (χ3v) is 2.63. The molecule has 1 fully saturated rings. The molecule has 2 atom stereocenters. The van der Waals surface area contributed by atoms with Crippen molar-refractivity contribution in [2.24, 2.45) is 5.92 Å². The maximum atomic E-state index is 4.39. The first-order valence-corrected chi connectivity index (χ1v) is 5.63. The summed E-state index contributed by atoms with van der Waals surface area (Å²) in [5.74, 6) is 2.43. The minimum Gasteiger partial charge on any atom is -0.367 e. The maximum Gasteiger partial charge on any atom is 0.224 e. The van der Waals surface area contributed by atoms with E-state index in [1.807, 2.05) is 6.07 Å². The average Bonchev–Trinajstić information content (AvgIpc) is 2.92. The highest BCUT2D eigenvalue weighted by atomic mass is 15.1. The van der Waals surface area contributed by atoms with Crippen LogP contribution in [0.1, 0.15) is 26.7 Å². The van der Waals surface area contributed by atoms with E-state index in [2.05, 4.69) is 34.4 Å². The molecule has 1 heterocycles. The van der Waals surface area contributed by atoms with Gasteiger partial charge in [0.2, 0.25) is 5.95 Å². The largest absolute Gasteiger partial charge is 0.367 e. The van der Waals surface area contributed by atoms with E-state index >= 15 is 0 Å². The maximum absolute atomic E-state index is 4.39. The fourth-order valence-corrected chi connectivity index (χ4v) is 1.47. The van der Waals surface area contributed by atoms with Gasteiger partial charge in [-0.05, 0) is 24.8 Å². The van der Waals surface area contributed by atoms with Crippen LogP contribution < -0.4 is 10.6 Å². The first-order chi connectivity index (χ1) is 7.29. The normalized spacial score (nSPS) is 23.6. The predicted molar refractivity (Wildman–Crippen MR) is 62.0 cm³/mol. The Morgan fingerprint density at radius 2 is 2.33 bits per heavy atom. The van der Waals surface area contributed by atoms with Crippen molar-refractivity contribution in [1.82, 2.24) is 9.97 Å². The molecule has 2 rings (SSSR count). The van der Waals surface area contributed by atoms with Crippen molar-refractivity contribution >= 4 is 11.8 Å². The quantitative estimate of drug-likeness (QED) is 0.774. The molecule has 1 aromatic heterocycles. The number of hydrogen-bond acceptors (Lipinski definition) is 4. The van der Waals surface area contributed by atoms with E-state index in [0.29, 0.717) is 6.04 Å². The molecule has 82 valence electrons. The van der Waals surface area contributed by atoms with Crippen LogP contribution in [0, 0.1) is 5.92 Å². The molecule has 0 saturated heterocycles. The summed E-state index contributed by atoms with van der Waals surface area (Å²) >= 11 is 0. The van der Waals surface area contributed by atoms with E-state index < -0.39 is 0 Å². The van der Waals surface area contributed by atoms with Crippen molar-refractivity contribution in [3.05, 3.63) is 12.3 Å². The van der Waals surface area contributed by atoms with Gasteiger partial charge in [0.1, 0.15) is 5.82 Å². The van der Waals surface area contributed by atoms with Gasteiger partial charge in [-0.3, -0.25) is 0 Å². The Kier molecular flexibility index (Phi) is 3.04. The Morgan fingerprint density at radius 1 is 1.53 bits per heavy atom. The fraction of sp³-hybridized carbons (Fsp3) is 0.636. The minimum atomic E-state index is 0.610. The van der Waals surface area contributed by atoms with Crippen LogP contribution in [0.25, 0.3) is 0 Å². The van der Waals surface area contributed by atoms with E-state index in [1.165, 1.54) is 6.42 Å². The van der Waals surface area contributed by atoms with Crippen molar-refractivity contribution in [2.45, 2.75) is 32.7 Å². The lowest BCUT2D eigenvalue weighted by Crippen LogP contribution is -2.09. The van der Waals surface area contributed by atoms with Gasteiger partial charge in [0.15, 0.2) is 0 Å². The minimum absolute atomic E-state index is 0.610. The van der Waals surface area contributed by atoms with E-state index in [-0.39, 0.29) is 0 Å². The van der Waals surface area contributed by atoms with Gasteiger partial charge in [-0.1, -0.05) is 13.8 Å². The highest BCUT2D eigenvalue weighted by molar-refractivity contribution is 5.41. The number of anilines is 2. The van der Waals surface area contributed by atoms with Crippen LogP contribution in [0.2, 0.25) is 0 Å². The summed E-state index contributed by atoms with van der Waals surface area (Å²) < 4.78 is 0.